The van der Waals surface area contributed by atoms with E-state index in [0.29, 0.717) is 11.4 Å². The summed E-state index contributed by atoms with van der Waals surface area (Å²) in [7, 11) is 0. The highest BCUT2D eigenvalue weighted by Gasteiger charge is 2.36. The van der Waals surface area contributed by atoms with Gasteiger partial charge in [0.2, 0.25) is 0 Å². The van der Waals surface area contributed by atoms with Crippen LogP contribution in [-0.2, 0) is 6.18 Å². The van der Waals surface area contributed by atoms with Crippen LogP contribution in [0.1, 0.15) is 5.69 Å². The summed E-state index contributed by atoms with van der Waals surface area (Å²) in [5.41, 5.74) is -0.348. The molecule has 0 amide bonds. The number of benzene rings is 1. The van der Waals surface area contributed by atoms with Crippen molar-refractivity contribution in [3.8, 4) is 17.1 Å². The zero-order chi connectivity index (χ0) is 14.2. The van der Waals surface area contributed by atoms with Crippen molar-refractivity contribution in [2.75, 3.05) is 0 Å². The standard InChI is InChI=1S/C14H9F3N2O/c15-14(16,17)13-9-11(12-7-4-8-20-12)18-19(13)10-5-2-1-3-6-10/h1-9H. The molecular weight excluding hydrogens is 269 g/mol. The predicted molar refractivity (Wildman–Crippen MR) is 66.3 cm³/mol. The Morgan fingerprint density at radius 1 is 1.00 bits per heavy atom. The van der Waals surface area contributed by atoms with Gasteiger partial charge in [-0.3, -0.25) is 0 Å². The van der Waals surface area contributed by atoms with Gasteiger partial charge in [-0.05, 0) is 24.3 Å². The van der Waals surface area contributed by atoms with E-state index in [2.05, 4.69) is 5.10 Å². The third-order valence-electron chi connectivity index (χ3n) is 2.77. The van der Waals surface area contributed by atoms with Gasteiger partial charge in [0, 0.05) is 6.07 Å². The van der Waals surface area contributed by atoms with Crippen molar-refractivity contribution < 1.29 is 17.6 Å². The Kier molecular flexibility index (Phi) is 2.85. The number of hydrogen-bond donors (Lipinski definition) is 0. The number of nitrogens with zero attached hydrogens (tertiary/aromatic N) is 2. The SMILES string of the molecule is FC(F)(F)c1cc(-c2ccco2)nn1-c1ccccc1. The summed E-state index contributed by atoms with van der Waals surface area (Å²) in [6, 6.07) is 12.3. The first-order valence-corrected chi connectivity index (χ1v) is 5.82. The molecule has 20 heavy (non-hydrogen) atoms. The van der Waals surface area contributed by atoms with E-state index in [1.165, 1.54) is 6.26 Å². The lowest BCUT2D eigenvalue weighted by Crippen LogP contribution is -2.12. The highest BCUT2D eigenvalue weighted by molar-refractivity contribution is 5.54. The fourth-order valence-corrected chi connectivity index (χ4v) is 1.89. The molecular formula is C14H9F3N2O. The summed E-state index contributed by atoms with van der Waals surface area (Å²) in [5, 5.41) is 3.99. The first-order valence-electron chi connectivity index (χ1n) is 5.82. The van der Waals surface area contributed by atoms with Crippen LogP contribution < -0.4 is 0 Å². The van der Waals surface area contributed by atoms with Crippen molar-refractivity contribution in [1.82, 2.24) is 9.78 Å². The summed E-state index contributed by atoms with van der Waals surface area (Å²) in [4.78, 5) is 0. The Labute approximate surface area is 112 Å². The minimum Gasteiger partial charge on any atom is -0.463 e. The van der Waals surface area contributed by atoms with Gasteiger partial charge in [0.15, 0.2) is 5.76 Å². The molecule has 102 valence electrons. The Bertz CT molecular complexity index is 700. The Balaban J connectivity index is 2.18. The van der Waals surface area contributed by atoms with Gasteiger partial charge in [-0.25, -0.2) is 4.68 Å². The molecule has 0 aliphatic rings. The lowest BCUT2D eigenvalue weighted by molar-refractivity contribution is -0.142. The van der Waals surface area contributed by atoms with Gasteiger partial charge in [-0.15, -0.1) is 0 Å². The van der Waals surface area contributed by atoms with Crippen molar-refractivity contribution in [2.24, 2.45) is 0 Å². The fraction of sp³-hybridized carbons (Fsp3) is 0.0714. The molecule has 0 unspecified atom stereocenters. The second-order valence-corrected chi connectivity index (χ2v) is 4.14. The van der Waals surface area contributed by atoms with E-state index in [9.17, 15) is 13.2 Å². The summed E-state index contributed by atoms with van der Waals surface area (Å²) < 4.78 is 45.3. The average molecular weight is 278 g/mol. The molecule has 1 aromatic carbocycles. The van der Waals surface area contributed by atoms with Gasteiger partial charge in [-0.2, -0.15) is 18.3 Å². The monoisotopic (exact) mass is 278 g/mol. The molecule has 6 heteroatoms. The molecule has 3 nitrogen and oxygen atoms in total. The van der Waals surface area contributed by atoms with Crippen LogP contribution in [0.5, 0.6) is 0 Å². The van der Waals surface area contributed by atoms with Gasteiger partial charge in [0.05, 0.1) is 12.0 Å². The van der Waals surface area contributed by atoms with Crippen molar-refractivity contribution >= 4 is 0 Å². The van der Waals surface area contributed by atoms with Crippen LogP contribution in [0, 0.1) is 0 Å². The normalized spacial score (nSPS) is 11.8. The lowest BCUT2D eigenvalue weighted by atomic mass is 10.3. The maximum Gasteiger partial charge on any atom is 0.433 e. The molecule has 0 saturated heterocycles. The number of aromatic nitrogens is 2. The second-order valence-electron chi connectivity index (χ2n) is 4.14. The van der Waals surface area contributed by atoms with Crippen LogP contribution in [0.2, 0.25) is 0 Å². The minimum absolute atomic E-state index is 0.145. The first-order chi connectivity index (χ1) is 9.55. The fourth-order valence-electron chi connectivity index (χ4n) is 1.89. The molecule has 3 rings (SSSR count). The maximum atomic E-state index is 13.1. The van der Waals surface area contributed by atoms with Gasteiger partial charge in [0.25, 0.3) is 0 Å². The van der Waals surface area contributed by atoms with E-state index < -0.39 is 11.9 Å². The molecule has 0 aliphatic carbocycles. The molecule has 3 aromatic rings. The van der Waals surface area contributed by atoms with E-state index in [1.807, 2.05) is 0 Å². The second kappa shape index (κ2) is 4.56. The van der Waals surface area contributed by atoms with Crippen LogP contribution in [0.25, 0.3) is 17.1 Å². The van der Waals surface area contributed by atoms with Crippen LogP contribution in [0.4, 0.5) is 13.2 Å². The summed E-state index contributed by atoms with van der Waals surface area (Å²) >= 11 is 0. The van der Waals surface area contributed by atoms with E-state index in [4.69, 9.17) is 4.42 Å². The van der Waals surface area contributed by atoms with E-state index >= 15 is 0 Å². The molecule has 2 heterocycles. The van der Waals surface area contributed by atoms with Crippen LogP contribution in [0.3, 0.4) is 0 Å². The van der Waals surface area contributed by atoms with Gasteiger partial charge < -0.3 is 4.42 Å². The van der Waals surface area contributed by atoms with E-state index in [-0.39, 0.29) is 5.69 Å². The molecule has 0 bridgehead atoms. The number of alkyl halides is 3. The van der Waals surface area contributed by atoms with Crippen LogP contribution in [-0.4, -0.2) is 9.78 Å². The van der Waals surface area contributed by atoms with E-state index in [1.54, 1.807) is 42.5 Å². The van der Waals surface area contributed by atoms with Crippen molar-refractivity contribution in [3.05, 3.63) is 60.5 Å². The molecule has 0 atom stereocenters. The number of hydrogen-bond acceptors (Lipinski definition) is 2. The molecule has 0 spiro atoms. The Morgan fingerprint density at radius 2 is 1.75 bits per heavy atom. The maximum absolute atomic E-state index is 13.1. The topological polar surface area (TPSA) is 31.0 Å². The molecule has 0 fully saturated rings. The number of rotatable bonds is 2. The summed E-state index contributed by atoms with van der Waals surface area (Å²) in [6.45, 7) is 0. The molecule has 0 radical (unpaired) electrons. The summed E-state index contributed by atoms with van der Waals surface area (Å²) in [6.07, 6.45) is -3.10. The Hall–Kier alpha value is -2.50. The van der Waals surface area contributed by atoms with Crippen molar-refractivity contribution in [2.45, 2.75) is 6.18 Å². The number of furan rings is 1. The quantitative estimate of drug-likeness (QED) is 0.705. The van der Waals surface area contributed by atoms with Crippen LogP contribution in [0.15, 0.2) is 59.2 Å². The molecule has 0 saturated carbocycles. The number of halogens is 3. The third-order valence-corrected chi connectivity index (χ3v) is 2.77. The molecule has 2 aromatic heterocycles. The third kappa shape index (κ3) is 2.20. The van der Waals surface area contributed by atoms with Gasteiger partial charge in [0.1, 0.15) is 11.4 Å². The first kappa shape index (κ1) is 12.5. The largest absolute Gasteiger partial charge is 0.463 e. The van der Waals surface area contributed by atoms with E-state index in [0.717, 1.165) is 10.7 Å². The minimum atomic E-state index is -4.49. The zero-order valence-corrected chi connectivity index (χ0v) is 10.1. The van der Waals surface area contributed by atoms with Gasteiger partial charge >= 0.3 is 6.18 Å². The Morgan fingerprint density at radius 3 is 2.35 bits per heavy atom. The van der Waals surface area contributed by atoms with Crippen LogP contribution >= 0.6 is 0 Å². The molecule has 0 N–H and O–H groups in total. The van der Waals surface area contributed by atoms with Gasteiger partial charge in [-0.1, -0.05) is 18.2 Å². The summed E-state index contributed by atoms with van der Waals surface area (Å²) in [5.74, 6) is 0.296. The lowest BCUT2D eigenvalue weighted by Gasteiger charge is -2.09. The highest BCUT2D eigenvalue weighted by atomic mass is 19.4. The smallest absolute Gasteiger partial charge is 0.433 e. The van der Waals surface area contributed by atoms with Crippen molar-refractivity contribution in [1.29, 1.82) is 0 Å². The highest BCUT2D eigenvalue weighted by Crippen LogP contribution is 2.34. The molecule has 0 aliphatic heterocycles. The number of para-hydroxylation sites is 1. The van der Waals surface area contributed by atoms with Crippen molar-refractivity contribution in [3.63, 3.8) is 0 Å². The average Bonchev–Trinajstić information content (AvgIpc) is 3.08. The predicted octanol–water partition coefficient (Wildman–Crippen LogP) is 4.15. The zero-order valence-electron chi connectivity index (χ0n) is 10.1.